The van der Waals surface area contributed by atoms with E-state index in [-0.39, 0.29) is 37.5 Å². The number of esters is 3. The summed E-state index contributed by atoms with van der Waals surface area (Å²) >= 11 is 0. The summed E-state index contributed by atoms with van der Waals surface area (Å²) in [5.41, 5.74) is 0. The Hall–Kier alpha value is -3.41. The molecule has 1 unspecified atom stereocenters. The summed E-state index contributed by atoms with van der Waals surface area (Å²) in [5.74, 6) is -1.01. The SMILES string of the molecule is CC\C=C/C=C\C=C/CCCCCCCC(=O)OCC(COC(=O)CCCC/C=C\C/C=C\CC)OC(=O)CCCCC/C=C\C=C/CCCC. The zero-order valence-electron chi connectivity index (χ0n) is 32.6. The Bertz CT molecular complexity index is 1040. The van der Waals surface area contributed by atoms with Gasteiger partial charge in [0.15, 0.2) is 6.10 Å². The summed E-state index contributed by atoms with van der Waals surface area (Å²) < 4.78 is 16.5. The maximum Gasteiger partial charge on any atom is 0.306 e. The summed E-state index contributed by atoms with van der Waals surface area (Å²) in [7, 11) is 0. The zero-order valence-corrected chi connectivity index (χ0v) is 32.6. The number of hydrogen-bond donors (Lipinski definition) is 0. The lowest BCUT2D eigenvalue weighted by molar-refractivity contribution is -0.167. The first-order chi connectivity index (χ1) is 25.0. The van der Waals surface area contributed by atoms with Crippen LogP contribution in [0.15, 0.2) is 85.1 Å². The first kappa shape index (κ1) is 47.6. The van der Waals surface area contributed by atoms with Gasteiger partial charge in [0.05, 0.1) is 0 Å². The van der Waals surface area contributed by atoms with E-state index >= 15 is 0 Å². The van der Waals surface area contributed by atoms with Gasteiger partial charge >= 0.3 is 17.9 Å². The fourth-order valence-electron chi connectivity index (χ4n) is 4.92. The number of rotatable bonds is 34. The molecule has 0 N–H and O–H groups in total. The van der Waals surface area contributed by atoms with E-state index in [4.69, 9.17) is 14.2 Å². The van der Waals surface area contributed by atoms with Gasteiger partial charge in [-0.3, -0.25) is 14.4 Å². The second-order valence-electron chi connectivity index (χ2n) is 12.9. The molecular weight excluding hydrogens is 636 g/mol. The molecule has 0 aliphatic heterocycles. The molecule has 1 atom stereocenters. The molecule has 6 nitrogen and oxygen atoms in total. The third-order valence-electron chi connectivity index (χ3n) is 7.95. The van der Waals surface area contributed by atoms with E-state index < -0.39 is 6.10 Å². The Balaban J connectivity index is 4.50. The quantitative estimate of drug-likeness (QED) is 0.0218. The average Bonchev–Trinajstić information content (AvgIpc) is 3.12. The number of hydrogen-bond acceptors (Lipinski definition) is 6. The van der Waals surface area contributed by atoms with Crippen molar-refractivity contribution in [3.05, 3.63) is 85.1 Å². The van der Waals surface area contributed by atoms with Crippen LogP contribution in [0.2, 0.25) is 0 Å². The number of allylic oxidation sites excluding steroid dienone is 14. The fraction of sp³-hybridized carbons (Fsp3) is 0.622. The summed E-state index contributed by atoms with van der Waals surface area (Å²) in [4.78, 5) is 37.5. The van der Waals surface area contributed by atoms with Gasteiger partial charge in [-0.25, -0.2) is 0 Å². The third kappa shape index (κ3) is 37.7. The van der Waals surface area contributed by atoms with Gasteiger partial charge in [-0.05, 0) is 83.5 Å². The molecule has 0 saturated carbocycles. The van der Waals surface area contributed by atoms with E-state index in [9.17, 15) is 14.4 Å². The highest BCUT2D eigenvalue weighted by molar-refractivity contribution is 5.71. The highest BCUT2D eigenvalue weighted by Crippen LogP contribution is 2.11. The van der Waals surface area contributed by atoms with Crippen molar-refractivity contribution >= 4 is 17.9 Å². The molecule has 0 bridgehead atoms. The molecule has 0 aromatic heterocycles. The normalized spacial score (nSPS) is 12.9. The van der Waals surface area contributed by atoms with Crippen LogP contribution in [0.3, 0.4) is 0 Å². The van der Waals surface area contributed by atoms with Crippen molar-refractivity contribution in [1.82, 2.24) is 0 Å². The van der Waals surface area contributed by atoms with Crippen molar-refractivity contribution in [2.75, 3.05) is 13.2 Å². The van der Waals surface area contributed by atoms with Crippen LogP contribution >= 0.6 is 0 Å². The lowest BCUT2D eigenvalue weighted by Crippen LogP contribution is -2.30. The smallest absolute Gasteiger partial charge is 0.306 e. The Kier molecular flexibility index (Phi) is 36.7. The second kappa shape index (κ2) is 39.4. The highest BCUT2D eigenvalue weighted by atomic mass is 16.6. The molecule has 0 rings (SSSR count). The van der Waals surface area contributed by atoms with Gasteiger partial charge in [-0.2, -0.15) is 0 Å². The monoisotopic (exact) mass is 709 g/mol. The molecule has 0 aliphatic rings. The van der Waals surface area contributed by atoms with Crippen LogP contribution in [0.25, 0.3) is 0 Å². The standard InChI is InChI=1S/C45H72O6/c1-4-7-10-13-16-19-21-22-24-26-29-32-35-38-44(47)50-41-42(40-49-43(46)37-34-31-28-25-18-15-12-9-6-3)51-45(48)39-36-33-30-27-23-20-17-14-11-8-5-2/h7,9-10,12-14,16-21,23,25,42H,4-6,8,11,15,22,24,26-41H2,1-3H3/b10-7-,12-9-,16-13-,17-14-,21-19-,23-20-,25-18-. The Labute approximate surface area is 312 Å². The predicted molar refractivity (Wildman–Crippen MR) is 214 cm³/mol. The molecule has 51 heavy (non-hydrogen) atoms. The Morgan fingerprint density at radius 1 is 0.431 bits per heavy atom. The van der Waals surface area contributed by atoms with Gasteiger partial charge < -0.3 is 14.2 Å². The van der Waals surface area contributed by atoms with Crippen molar-refractivity contribution < 1.29 is 28.6 Å². The first-order valence-electron chi connectivity index (χ1n) is 20.1. The van der Waals surface area contributed by atoms with E-state index in [1.165, 1.54) is 12.8 Å². The molecule has 0 spiro atoms. The Morgan fingerprint density at radius 3 is 1.47 bits per heavy atom. The number of carbonyl (C=O) groups is 3. The minimum Gasteiger partial charge on any atom is -0.462 e. The van der Waals surface area contributed by atoms with Crippen LogP contribution in [0.1, 0.15) is 162 Å². The predicted octanol–water partition coefficient (Wildman–Crippen LogP) is 12.5. The van der Waals surface area contributed by atoms with Crippen LogP contribution in [0, 0.1) is 0 Å². The van der Waals surface area contributed by atoms with Crippen LogP contribution in [-0.2, 0) is 28.6 Å². The molecule has 0 amide bonds. The number of carbonyl (C=O) groups excluding carboxylic acids is 3. The van der Waals surface area contributed by atoms with E-state index in [0.717, 1.165) is 109 Å². The largest absolute Gasteiger partial charge is 0.462 e. The molecule has 0 aromatic rings. The molecule has 6 heteroatoms. The molecule has 0 aromatic carbocycles. The minimum absolute atomic E-state index is 0.110. The van der Waals surface area contributed by atoms with Gasteiger partial charge in [0.2, 0.25) is 0 Å². The molecule has 0 heterocycles. The van der Waals surface area contributed by atoms with Gasteiger partial charge in [-0.15, -0.1) is 0 Å². The Morgan fingerprint density at radius 2 is 0.863 bits per heavy atom. The summed E-state index contributed by atoms with van der Waals surface area (Å²) in [5, 5.41) is 0. The van der Waals surface area contributed by atoms with E-state index in [1.54, 1.807) is 0 Å². The molecule has 0 radical (unpaired) electrons. The van der Waals surface area contributed by atoms with Crippen molar-refractivity contribution in [1.29, 1.82) is 0 Å². The third-order valence-corrected chi connectivity index (χ3v) is 7.95. The zero-order chi connectivity index (χ0) is 37.3. The lowest BCUT2D eigenvalue weighted by atomic mass is 10.1. The van der Waals surface area contributed by atoms with Gasteiger partial charge in [-0.1, -0.05) is 144 Å². The van der Waals surface area contributed by atoms with Crippen molar-refractivity contribution in [2.45, 2.75) is 168 Å². The van der Waals surface area contributed by atoms with Crippen LogP contribution in [0.4, 0.5) is 0 Å². The van der Waals surface area contributed by atoms with Gasteiger partial charge in [0.1, 0.15) is 13.2 Å². The van der Waals surface area contributed by atoms with Crippen LogP contribution in [0.5, 0.6) is 0 Å². The molecule has 288 valence electrons. The number of unbranched alkanes of at least 4 members (excludes halogenated alkanes) is 12. The fourth-order valence-corrected chi connectivity index (χ4v) is 4.92. The molecule has 0 saturated heterocycles. The van der Waals surface area contributed by atoms with Crippen molar-refractivity contribution in [3.63, 3.8) is 0 Å². The maximum atomic E-state index is 12.6. The van der Waals surface area contributed by atoms with Crippen molar-refractivity contribution in [3.8, 4) is 0 Å². The second-order valence-corrected chi connectivity index (χ2v) is 12.9. The molecular formula is C45H72O6. The molecule has 0 aliphatic carbocycles. The van der Waals surface area contributed by atoms with E-state index in [2.05, 4.69) is 99.8 Å². The van der Waals surface area contributed by atoms with Crippen LogP contribution in [-0.4, -0.2) is 37.2 Å². The summed E-state index contributed by atoms with van der Waals surface area (Å²) in [6.45, 7) is 6.21. The highest BCUT2D eigenvalue weighted by Gasteiger charge is 2.19. The maximum absolute atomic E-state index is 12.6. The average molecular weight is 709 g/mol. The van der Waals surface area contributed by atoms with Crippen molar-refractivity contribution in [2.24, 2.45) is 0 Å². The summed E-state index contributed by atoms with van der Waals surface area (Å²) in [6.07, 6.45) is 48.6. The van der Waals surface area contributed by atoms with Gasteiger partial charge in [0, 0.05) is 19.3 Å². The minimum atomic E-state index is -0.808. The van der Waals surface area contributed by atoms with Gasteiger partial charge in [0.25, 0.3) is 0 Å². The first-order valence-corrected chi connectivity index (χ1v) is 20.1. The topological polar surface area (TPSA) is 78.9 Å². The van der Waals surface area contributed by atoms with E-state index in [1.807, 2.05) is 6.08 Å². The van der Waals surface area contributed by atoms with E-state index in [0.29, 0.717) is 12.8 Å². The van der Waals surface area contributed by atoms with Crippen LogP contribution < -0.4 is 0 Å². The number of ether oxygens (including phenoxy) is 3. The molecule has 0 fully saturated rings. The lowest BCUT2D eigenvalue weighted by Gasteiger charge is -2.18. The summed E-state index contributed by atoms with van der Waals surface area (Å²) in [6, 6.07) is 0.